The van der Waals surface area contributed by atoms with Gasteiger partial charge < -0.3 is 14.8 Å². The van der Waals surface area contributed by atoms with Gasteiger partial charge in [0.15, 0.2) is 5.76 Å². The fraction of sp³-hybridized carbons (Fsp3) is 0.375. The fourth-order valence-electron chi connectivity index (χ4n) is 2.02. The number of rotatable bonds is 4. The van der Waals surface area contributed by atoms with Crippen LogP contribution in [-0.4, -0.2) is 22.5 Å². The summed E-state index contributed by atoms with van der Waals surface area (Å²) in [5.74, 6) is -1.47. The number of carboxylic acid groups (broad SMARTS) is 1. The van der Waals surface area contributed by atoms with Crippen LogP contribution in [-0.2, 0) is 4.79 Å². The number of carboxylic acids is 1. The van der Waals surface area contributed by atoms with Crippen molar-refractivity contribution in [1.29, 1.82) is 0 Å². The minimum atomic E-state index is -1.30. The van der Waals surface area contributed by atoms with Gasteiger partial charge in [0, 0.05) is 5.39 Å². The lowest BCUT2D eigenvalue weighted by molar-refractivity contribution is -0.143. The van der Waals surface area contributed by atoms with Gasteiger partial charge in [0.25, 0.3) is 5.91 Å². The highest BCUT2D eigenvalue weighted by atomic mass is 16.4. The molecule has 1 aromatic heterocycles. The zero-order chi connectivity index (χ0) is 15.8. The molecule has 1 unspecified atom stereocenters. The average molecular weight is 289 g/mol. The number of aryl methyl sites for hydroxylation is 2. The predicted molar refractivity (Wildman–Crippen MR) is 79.5 cm³/mol. The van der Waals surface area contributed by atoms with Gasteiger partial charge in [0.2, 0.25) is 0 Å². The topological polar surface area (TPSA) is 79.5 Å². The van der Waals surface area contributed by atoms with Gasteiger partial charge in [-0.15, -0.1) is 0 Å². The van der Waals surface area contributed by atoms with Crippen LogP contribution >= 0.6 is 0 Å². The first-order chi connectivity index (χ1) is 9.76. The number of fused-ring (bicyclic) bond motifs is 1. The van der Waals surface area contributed by atoms with E-state index in [4.69, 9.17) is 4.42 Å². The van der Waals surface area contributed by atoms with Crippen molar-refractivity contribution in [2.45, 2.75) is 39.7 Å². The van der Waals surface area contributed by atoms with Gasteiger partial charge in [0.1, 0.15) is 11.1 Å². The number of carbonyl (C=O) groups excluding carboxylic acids is 1. The van der Waals surface area contributed by atoms with E-state index in [-0.39, 0.29) is 12.2 Å². The highest BCUT2D eigenvalue weighted by Crippen LogP contribution is 2.23. The molecule has 5 nitrogen and oxygen atoms in total. The molecule has 0 saturated carbocycles. The van der Waals surface area contributed by atoms with E-state index in [0.717, 1.165) is 16.5 Å². The van der Waals surface area contributed by atoms with Crippen molar-refractivity contribution in [1.82, 2.24) is 5.32 Å². The number of furan rings is 1. The lowest BCUT2D eigenvalue weighted by atomic mass is 9.99. The van der Waals surface area contributed by atoms with Crippen LogP contribution in [0.4, 0.5) is 0 Å². The van der Waals surface area contributed by atoms with E-state index in [0.29, 0.717) is 5.58 Å². The molecule has 0 saturated heterocycles. The summed E-state index contributed by atoms with van der Waals surface area (Å²) in [4.78, 5) is 23.4. The zero-order valence-corrected chi connectivity index (χ0v) is 12.6. The number of carbonyl (C=O) groups is 2. The molecule has 0 aliphatic carbocycles. The van der Waals surface area contributed by atoms with Crippen molar-refractivity contribution in [3.63, 3.8) is 0 Å². The lowest BCUT2D eigenvalue weighted by Crippen LogP contribution is -2.51. The Kier molecular flexibility index (Phi) is 3.77. The molecule has 0 spiro atoms. The summed E-state index contributed by atoms with van der Waals surface area (Å²) in [7, 11) is 0. The lowest BCUT2D eigenvalue weighted by Gasteiger charge is -2.23. The van der Waals surface area contributed by atoms with Gasteiger partial charge in [-0.2, -0.15) is 0 Å². The van der Waals surface area contributed by atoms with Crippen LogP contribution in [0.3, 0.4) is 0 Å². The number of aliphatic carboxylic acids is 1. The molecule has 2 rings (SSSR count). The maximum absolute atomic E-state index is 12.2. The number of hydrogen-bond donors (Lipinski definition) is 2. The van der Waals surface area contributed by atoms with Gasteiger partial charge in [-0.05, 0) is 56.5 Å². The zero-order valence-electron chi connectivity index (χ0n) is 12.6. The van der Waals surface area contributed by atoms with E-state index in [1.165, 1.54) is 6.92 Å². The molecule has 2 aromatic rings. The van der Waals surface area contributed by atoms with Crippen LogP contribution in [0, 0.1) is 13.8 Å². The minimum Gasteiger partial charge on any atom is -0.480 e. The Morgan fingerprint density at radius 2 is 1.86 bits per heavy atom. The molecule has 1 atom stereocenters. The van der Waals surface area contributed by atoms with Gasteiger partial charge in [-0.3, -0.25) is 4.79 Å². The van der Waals surface area contributed by atoms with E-state index in [1.54, 1.807) is 13.0 Å². The first kappa shape index (κ1) is 15.1. The fourth-order valence-corrected chi connectivity index (χ4v) is 2.02. The van der Waals surface area contributed by atoms with Crippen molar-refractivity contribution >= 4 is 22.8 Å². The van der Waals surface area contributed by atoms with Gasteiger partial charge in [-0.1, -0.05) is 6.92 Å². The Bertz CT molecular complexity index is 677. The molecule has 5 heteroatoms. The molecule has 0 fully saturated rings. The largest absolute Gasteiger partial charge is 0.480 e. The van der Waals surface area contributed by atoms with Gasteiger partial charge >= 0.3 is 5.97 Å². The van der Waals surface area contributed by atoms with Crippen molar-refractivity contribution < 1.29 is 19.1 Å². The summed E-state index contributed by atoms with van der Waals surface area (Å²) < 4.78 is 5.53. The predicted octanol–water partition coefficient (Wildman–Crippen LogP) is 3.03. The molecule has 0 aliphatic heterocycles. The van der Waals surface area contributed by atoms with E-state index in [2.05, 4.69) is 5.32 Å². The minimum absolute atomic E-state index is 0.121. The first-order valence-electron chi connectivity index (χ1n) is 6.83. The summed E-state index contributed by atoms with van der Waals surface area (Å²) in [5, 5.41) is 12.5. The summed E-state index contributed by atoms with van der Waals surface area (Å²) in [6, 6.07) is 5.45. The molecule has 0 bridgehead atoms. The summed E-state index contributed by atoms with van der Waals surface area (Å²) in [5.41, 5.74) is 1.51. The van der Waals surface area contributed by atoms with E-state index >= 15 is 0 Å². The highest BCUT2D eigenvalue weighted by molar-refractivity contribution is 5.99. The Morgan fingerprint density at radius 3 is 2.43 bits per heavy atom. The number of nitrogens with one attached hydrogen (secondary N) is 1. The maximum atomic E-state index is 12.2. The smallest absolute Gasteiger partial charge is 0.329 e. The Balaban J connectivity index is 2.34. The molecule has 21 heavy (non-hydrogen) atoms. The Hall–Kier alpha value is -2.30. The second kappa shape index (κ2) is 5.24. The third-order valence-corrected chi connectivity index (χ3v) is 3.92. The number of benzene rings is 1. The van der Waals surface area contributed by atoms with Crippen LogP contribution in [0.25, 0.3) is 11.0 Å². The monoisotopic (exact) mass is 289 g/mol. The van der Waals surface area contributed by atoms with Gasteiger partial charge in [-0.25, -0.2) is 4.79 Å². The van der Waals surface area contributed by atoms with Crippen molar-refractivity contribution in [3.8, 4) is 0 Å². The van der Waals surface area contributed by atoms with Crippen molar-refractivity contribution in [2.75, 3.05) is 0 Å². The Morgan fingerprint density at radius 1 is 1.24 bits per heavy atom. The third kappa shape index (κ3) is 2.77. The van der Waals surface area contributed by atoms with Crippen LogP contribution in [0.15, 0.2) is 22.6 Å². The SMILES string of the molecule is CCC(C)(NC(=O)c1cc2cc(C)c(C)cc2o1)C(=O)O. The van der Waals surface area contributed by atoms with Crippen LogP contribution in [0.2, 0.25) is 0 Å². The molecule has 0 aliphatic rings. The Labute approximate surface area is 122 Å². The maximum Gasteiger partial charge on any atom is 0.329 e. The van der Waals surface area contributed by atoms with Crippen molar-refractivity contribution in [2.24, 2.45) is 0 Å². The molecule has 2 N–H and O–H groups in total. The second-order valence-electron chi connectivity index (χ2n) is 5.53. The van der Waals surface area contributed by atoms with Gasteiger partial charge in [0.05, 0.1) is 0 Å². The molecule has 112 valence electrons. The van der Waals surface area contributed by atoms with E-state index in [9.17, 15) is 14.7 Å². The molecule has 0 radical (unpaired) electrons. The molecule has 1 amide bonds. The molecular formula is C16H19NO4. The van der Waals surface area contributed by atoms with E-state index < -0.39 is 17.4 Å². The second-order valence-corrected chi connectivity index (χ2v) is 5.53. The standard InChI is InChI=1S/C16H19NO4/c1-5-16(4,15(19)20)17-14(18)13-8-11-6-9(2)10(3)7-12(11)21-13/h6-8H,5H2,1-4H3,(H,17,18)(H,19,20). The summed E-state index contributed by atoms with van der Waals surface area (Å²) >= 11 is 0. The first-order valence-corrected chi connectivity index (χ1v) is 6.83. The third-order valence-electron chi connectivity index (χ3n) is 3.92. The van der Waals surface area contributed by atoms with Crippen LogP contribution < -0.4 is 5.32 Å². The average Bonchev–Trinajstić information content (AvgIpc) is 2.81. The van der Waals surface area contributed by atoms with Crippen LogP contribution in [0.1, 0.15) is 41.9 Å². The molecule has 1 heterocycles. The normalized spacial score (nSPS) is 13.9. The summed E-state index contributed by atoms with van der Waals surface area (Å²) in [6.07, 6.45) is 0.284. The van der Waals surface area contributed by atoms with Crippen molar-refractivity contribution in [3.05, 3.63) is 35.1 Å². The summed E-state index contributed by atoms with van der Waals surface area (Å²) in [6.45, 7) is 7.14. The molecule has 1 aromatic carbocycles. The van der Waals surface area contributed by atoms with E-state index in [1.807, 2.05) is 26.0 Å². The quantitative estimate of drug-likeness (QED) is 0.906. The highest BCUT2D eigenvalue weighted by Gasteiger charge is 2.33. The van der Waals surface area contributed by atoms with Crippen LogP contribution in [0.5, 0.6) is 0 Å². The number of hydrogen-bond acceptors (Lipinski definition) is 3. The number of amides is 1. The molecular weight excluding hydrogens is 270 g/mol.